The second kappa shape index (κ2) is 7.35. The number of fused-ring (bicyclic) bond motifs is 1. The molecule has 0 bridgehead atoms. The van der Waals surface area contributed by atoms with Crippen molar-refractivity contribution >= 4 is 5.91 Å². The number of carbonyl (C=O) groups excluding carboxylic acids is 1. The molecular formula is C14H16F3NO4. The zero-order valence-corrected chi connectivity index (χ0v) is 11.7. The summed E-state index contributed by atoms with van der Waals surface area (Å²) in [5.41, 5.74) is 0.403. The van der Waals surface area contributed by atoms with E-state index in [1.165, 1.54) is 0 Å². The standard InChI is InChI=1S/C14H16F3NO4/c15-14(16,17)9-20-5-1-4-18-13(19)10-2-3-11-12(8-10)22-7-6-21-11/h2-3,8H,1,4-7,9H2,(H,18,19). The topological polar surface area (TPSA) is 56.8 Å². The van der Waals surface area contributed by atoms with Crippen molar-refractivity contribution in [3.63, 3.8) is 0 Å². The molecule has 1 aromatic carbocycles. The first kappa shape index (κ1) is 16.4. The summed E-state index contributed by atoms with van der Waals surface area (Å²) in [6, 6.07) is 4.82. The van der Waals surface area contributed by atoms with E-state index in [1.54, 1.807) is 18.2 Å². The Hall–Kier alpha value is -1.96. The molecule has 0 atom stereocenters. The summed E-state index contributed by atoms with van der Waals surface area (Å²) in [7, 11) is 0. The summed E-state index contributed by atoms with van der Waals surface area (Å²) < 4.78 is 50.7. The van der Waals surface area contributed by atoms with E-state index in [0.717, 1.165) is 0 Å². The van der Waals surface area contributed by atoms with Gasteiger partial charge in [0.15, 0.2) is 11.5 Å². The van der Waals surface area contributed by atoms with Gasteiger partial charge in [-0.15, -0.1) is 0 Å². The van der Waals surface area contributed by atoms with Gasteiger partial charge in [-0.3, -0.25) is 4.79 Å². The summed E-state index contributed by atoms with van der Waals surface area (Å²) in [4.78, 5) is 11.9. The van der Waals surface area contributed by atoms with Crippen LogP contribution in [0.5, 0.6) is 11.5 Å². The van der Waals surface area contributed by atoms with Gasteiger partial charge in [0, 0.05) is 18.7 Å². The molecular weight excluding hydrogens is 303 g/mol. The molecule has 0 saturated carbocycles. The summed E-state index contributed by atoms with van der Waals surface area (Å²) in [6.07, 6.45) is -4.03. The first-order valence-corrected chi connectivity index (χ1v) is 6.78. The Kier molecular flexibility index (Phi) is 5.48. The van der Waals surface area contributed by atoms with E-state index in [2.05, 4.69) is 10.1 Å². The predicted molar refractivity (Wildman–Crippen MR) is 71.3 cm³/mol. The molecule has 1 amide bonds. The lowest BCUT2D eigenvalue weighted by atomic mass is 10.2. The number of carbonyl (C=O) groups is 1. The largest absolute Gasteiger partial charge is 0.486 e. The number of hydrogen-bond donors (Lipinski definition) is 1. The monoisotopic (exact) mass is 319 g/mol. The second-order valence-electron chi connectivity index (χ2n) is 4.64. The first-order chi connectivity index (χ1) is 10.5. The van der Waals surface area contributed by atoms with Crippen molar-refractivity contribution in [2.24, 2.45) is 0 Å². The molecule has 122 valence electrons. The fourth-order valence-electron chi connectivity index (χ4n) is 1.85. The molecule has 0 unspecified atom stereocenters. The van der Waals surface area contributed by atoms with Crippen molar-refractivity contribution in [3.05, 3.63) is 23.8 Å². The number of hydrogen-bond acceptors (Lipinski definition) is 4. The third-order valence-corrected chi connectivity index (χ3v) is 2.82. The molecule has 0 aromatic heterocycles. The van der Waals surface area contributed by atoms with E-state index in [4.69, 9.17) is 9.47 Å². The molecule has 0 fully saturated rings. The predicted octanol–water partition coefficient (Wildman–Crippen LogP) is 2.16. The van der Waals surface area contributed by atoms with Gasteiger partial charge in [-0.25, -0.2) is 0 Å². The molecule has 5 nitrogen and oxygen atoms in total. The Balaban J connectivity index is 1.71. The number of halogens is 3. The highest BCUT2D eigenvalue weighted by Gasteiger charge is 2.27. The maximum atomic E-state index is 11.9. The van der Waals surface area contributed by atoms with Crippen LogP contribution in [0, 0.1) is 0 Å². The van der Waals surface area contributed by atoms with Gasteiger partial charge in [0.05, 0.1) is 0 Å². The van der Waals surface area contributed by atoms with E-state index < -0.39 is 12.8 Å². The van der Waals surface area contributed by atoms with Gasteiger partial charge in [0.1, 0.15) is 19.8 Å². The number of benzene rings is 1. The summed E-state index contributed by atoms with van der Waals surface area (Å²) in [6.45, 7) is -0.222. The fraction of sp³-hybridized carbons (Fsp3) is 0.500. The number of nitrogens with one attached hydrogen (secondary N) is 1. The van der Waals surface area contributed by atoms with Gasteiger partial charge in [-0.05, 0) is 24.6 Å². The first-order valence-electron chi connectivity index (χ1n) is 6.78. The fourth-order valence-corrected chi connectivity index (χ4v) is 1.85. The lowest BCUT2D eigenvalue weighted by molar-refractivity contribution is -0.173. The van der Waals surface area contributed by atoms with Crippen LogP contribution >= 0.6 is 0 Å². The van der Waals surface area contributed by atoms with Crippen LogP contribution in [0.4, 0.5) is 13.2 Å². The Bertz CT molecular complexity index is 519. The van der Waals surface area contributed by atoms with E-state index in [0.29, 0.717) is 36.7 Å². The average Bonchev–Trinajstić information content (AvgIpc) is 2.49. The average molecular weight is 319 g/mol. The van der Waals surface area contributed by atoms with Crippen molar-refractivity contribution in [3.8, 4) is 11.5 Å². The maximum Gasteiger partial charge on any atom is 0.411 e. The SMILES string of the molecule is O=C(NCCCOCC(F)(F)F)c1ccc2c(c1)OCCO2. The zero-order chi connectivity index (χ0) is 16.0. The third kappa shape index (κ3) is 5.10. The number of alkyl halides is 3. The lowest BCUT2D eigenvalue weighted by Crippen LogP contribution is -2.26. The van der Waals surface area contributed by atoms with Gasteiger partial charge >= 0.3 is 6.18 Å². The van der Waals surface area contributed by atoms with Gasteiger partial charge in [0.25, 0.3) is 5.91 Å². The smallest absolute Gasteiger partial charge is 0.411 e. The third-order valence-electron chi connectivity index (χ3n) is 2.82. The molecule has 1 heterocycles. The van der Waals surface area contributed by atoms with Crippen LogP contribution in [0.15, 0.2) is 18.2 Å². The molecule has 1 aliphatic rings. The number of amides is 1. The van der Waals surface area contributed by atoms with Crippen LogP contribution in [0.3, 0.4) is 0 Å². The molecule has 1 aromatic rings. The summed E-state index contributed by atoms with van der Waals surface area (Å²) >= 11 is 0. The molecule has 8 heteroatoms. The molecule has 1 aliphatic heterocycles. The molecule has 0 spiro atoms. The van der Waals surface area contributed by atoms with Crippen LogP contribution in [-0.4, -0.2) is 45.1 Å². The van der Waals surface area contributed by atoms with E-state index in [-0.39, 0.29) is 19.1 Å². The highest BCUT2D eigenvalue weighted by atomic mass is 19.4. The minimum absolute atomic E-state index is 0.0685. The Morgan fingerprint density at radius 3 is 2.68 bits per heavy atom. The molecule has 2 rings (SSSR count). The van der Waals surface area contributed by atoms with Crippen molar-refractivity contribution in [2.75, 3.05) is 33.0 Å². The van der Waals surface area contributed by atoms with Crippen LogP contribution in [0.25, 0.3) is 0 Å². The Morgan fingerprint density at radius 2 is 1.95 bits per heavy atom. The molecule has 1 N–H and O–H groups in total. The van der Waals surface area contributed by atoms with Gasteiger partial charge in [0.2, 0.25) is 0 Å². The van der Waals surface area contributed by atoms with E-state index in [9.17, 15) is 18.0 Å². The van der Waals surface area contributed by atoms with Gasteiger partial charge in [-0.2, -0.15) is 13.2 Å². The minimum atomic E-state index is -4.32. The van der Waals surface area contributed by atoms with Crippen molar-refractivity contribution in [2.45, 2.75) is 12.6 Å². The maximum absolute atomic E-state index is 11.9. The highest BCUT2D eigenvalue weighted by molar-refractivity contribution is 5.94. The highest BCUT2D eigenvalue weighted by Crippen LogP contribution is 2.30. The Morgan fingerprint density at radius 1 is 1.23 bits per heavy atom. The quantitative estimate of drug-likeness (QED) is 0.817. The lowest BCUT2D eigenvalue weighted by Gasteiger charge is -2.18. The summed E-state index contributed by atoms with van der Waals surface area (Å²) in [5, 5.41) is 2.61. The molecule has 0 radical (unpaired) electrons. The minimum Gasteiger partial charge on any atom is -0.486 e. The van der Waals surface area contributed by atoms with E-state index >= 15 is 0 Å². The van der Waals surface area contributed by atoms with Crippen molar-refractivity contribution in [1.82, 2.24) is 5.32 Å². The van der Waals surface area contributed by atoms with Crippen LogP contribution in [0.2, 0.25) is 0 Å². The second-order valence-corrected chi connectivity index (χ2v) is 4.64. The molecule has 22 heavy (non-hydrogen) atoms. The van der Waals surface area contributed by atoms with Gasteiger partial charge in [-0.1, -0.05) is 0 Å². The van der Waals surface area contributed by atoms with E-state index in [1.807, 2.05) is 0 Å². The summed E-state index contributed by atoms with van der Waals surface area (Å²) in [5.74, 6) is 0.767. The molecule has 0 aliphatic carbocycles. The zero-order valence-electron chi connectivity index (χ0n) is 11.7. The van der Waals surface area contributed by atoms with Crippen LogP contribution in [0.1, 0.15) is 16.8 Å². The van der Waals surface area contributed by atoms with Gasteiger partial charge < -0.3 is 19.5 Å². The normalized spacial score (nSPS) is 13.8. The van der Waals surface area contributed by atoms with Crippen molar-refractivity contribution in [1.29, 1.82) is 0 Å². The van der Waals surface area contributed by atoms with Crippen LogP contribution in [-0.2, 0) is 4.74 Å². The number of rotatable bonds is 6. The van der Waals surface area contributed by atoms with Crippen molar-refractivity contribution < 1.29 is 32.2 Å². The molecule has 0 saturated heterocycles. The Labute approximate surface area is 125 Å². The number of ether oxygens (including phenoxy) is 3. The van der Waals surface area contributed by atoms with Crippen LogP contribution < -0.4 is 14.8 Å².